The quantitative estimate of drug-likeness (QED) is 0.739. The molecule has 1 N–H and O–H groups in total. The van der Waals surface area contributed by atoms with E-state index in [4.69, 9.17) is 0 Å². The van der Waals surface area contributed by atoms with E-state index >= 15 is 0 Å². The third kappa shape index (κ3) is 3.98. The van der Waals surface area contributed by atoms with Crippen LogP contribution in [-0.2, 0) is 9.59 Å². The maximum absolute atomic E-state index is 12.2. The zero-order valence-electron chi connectivity index (χ0n) is 11.9. The number of rotatable bonds is 3. The zero-order chi connectivity index (χ0) is 13.7. The average Bonchev–Trinajstić information content (AvgIpc) is 2.34. The van der Waals surface area contributed by atoms with Crippen molar-refractivity contribution in [2.75, 3.05) is 32.7 Å². The molecule has 0 radical (unpaired) electrons. The van der Waals surface area contributed by atoms with Crippen molar-refractivity contribution >= 4 is 11.8 Å². The number of amides is 2. The van der Waals surface area contributed by atoms with Crippen molar-refractivity contribution in [2.45, 2.75) is 33.7 Å². The summed E-state index contributed by atoms with van der Waals surface area (Å²) in [5.41, 5.74) is 0. The van der Waals surface area contributed by atoms with Crippen molar-refractivity contribution in [3.63, 3.8) is 0 Å². The van der Waals surface area contributed by atoms with E-state index < -0.39 is 0 Å². The van der Waals surface area contributed by atoms with E-state index in [9.17, 15) is 9.59 Å². The van der Waals surface area contributed by atoms with Gasteiger partial charge in [-0.2, -0.15) is 0 Å². The van der Waals surface area contributed by atoms with E-state index in [0.717, 1.165) is 13.1 Å². The summed E-state index contributed by atoms with van der Waals surface area (Å²) in [6.07, 6.45) is 0. The Balaban J connectivity index is 2.66. The first-order valence-electron chi connectivity index (χ1n) is 6.74. The van der Waals surface area contributed by atoms with Gasteiger partial charge in [0.15, 0.2) is 0 Å². The number of carbonyl (C=O) groups excluding carboxylic acids is 2. The topological polar surface area (TPSA) is 52.7 Å². The molecule has 0 aromatic rings. The first-order chi connectivity index (χ1) is 8.43. The zero-order valence-corrected chi connectivity index (χ0v) is 11.9. The summed E-state index contributed by atoms with van der Waals surface area (Å²) in [5, 5.41) is 3.17. The predicted molar refractivity (Wildman–Crippen MR) is 71.1 cm³/mol. The normalized spacial score (nSPS) is 16.2. The van der Waals surface area contributed by atoms with Gasteiger partial charge in [0, 0.05) is 38.8 Å². The lowest BCUT2D eigenvalue weighted by molar-refractivity contribution is -0.153. The van der Waals surface area contributed by atoms with Crippen molar-refractivity contribution in [1.82, 2.24) is 15.1 Å². The molecule has 1 fully saturated rings. The molecular weight excluding hydrogens is 230 g/mol. The van der Waals surface area contributed by atoms with Crippen molar-refractivity contribution in [3.8, 4) is 0 Å². The minimum absolute atomic E-state index is 0.0618. The van der Waals surface area contributed by atoms with Crippen LogP contribution in [0.2, 0.25) is 0 Å². The summed E-state index contributed by atoms with van der Waals surface area (Å²) in [4.78, 5) is 27.7. The Hall–Kier alpha value is -1.10. The van der Waals surface area contributed by atoms with Gasteiger partial charge in [0.2, 0.25) is 0 Å². The van der Waals surface area contributed by atoms with Crippen molar-refractivity contribution in [2.24, 2.45) is 5.92 Å². The van der Waals surface area contributed by atoms with Gasteiger partial charge >= 0.3 is 11.8 Å². The third-order valence-electron chi connectivity index (χ3n) is 3.03. The highest BCUT2D eigenvalue weighted by Crippen LogP contribution is 2.07. The summed E-state index contributed by atoms with van der Waals surface area (Å²) < 4.78 is 0. The fraction of sp³-hybridized carbons (Fsp3) is 0.846. The van der Waals surface area contributed by atoms with Gasteiger partial charge in [0.05, 0.1) is 0 Å². The highest BCUT2D eigenvalue weighted by Gasteiger charge is 2.29. The number of nitrogens with one attached hydrogen (secondary N) is 1. The van der Waals surface area contributed by atoms with Gasteiger partial charge in [-0.15, -0.1) is 0 Å². The standard InChI is InChI=1S/C13H25N3O2/c1-10(2)9-16(11(3)4)13(18)12(17)15-7-5-14-6-8-15/h10-11,14H,5-9H2,1-4H3. The van der Waals surface area contributed by atoms with E-state index in [-0.39, 0.29) is 17.9 Å². The smallest absolute Gasteiger partial charge is 0.312 e. The van der Waals surface area contributed by atoms with Crippen LogP contribution >= 0.6 is 0 Å². The summed E-state index contributed by atoms with van der Waals surface area (Å²) in [7, 11) is 0. The molecule has 0 spiro atoms. The van der Waals surface area contributed by atoms with Crippen LogP contribution in [0.5, 0.6) is 0 Å². The van der Waals surface area contributed by atoms with Gasteiger partial charge in [-0.25, -0.2) is 0 Å². The summed E-state index contributed by atoms with van der Waals surface area (Å²) in [5.74, 6) is -0.348. The SMILES string of the molecule is CC(C)CN(C(=O)C(=O)N1CCNCC1)C(C)C. The molecule has 1 rings (SSSR count). The lowest BCUT2D eigenvalue weighted by atomic mass is 10.1. The molecule has 2 amide bonds. The molecule has 0 saturated carbocycles. The Labute approximate surface area is 110 Å². The maximum atomic E-state index is 12.2. The molecule has 1 aliphatic rings. The lowest BCUT2D eigenvalue weighted by Crippen LogP contribution is -2.53. The molecule has 1 saturated heterocycles. The molecule has 0 bridgehead atoms. The fourth-order valence-corrected chi connectivity index (χ4v) is 2.05. The van der Waals surface area contributed by atoms with Crippen molar-refractivity contribution in [1.29, 1.82) is 0 Å². The first kappa shape index (κ1) is 15.0. The van der Waals surface area contributed by atoms with Gasteiger partial charge in [-0.05, 0) is 19.8 Å². The van der Waals surface area contributed by atoms with E-state index in [0.29, 0.717) is 25.6 Å². The molecule has 0 aromatic heterocycles. The molecule has 0 aliphatic carbocycles. The highest BCUT2D eigenvalue weighted by molar-refractivity contribution is 6.35. The van der Waals surface area contributed by atoms with Gasteiger partial charge in [0.25, 0.3) is 0 Å². The minimum Gasteiger partial charge on any atom is -0.332 e. The van der Waals surface area contributed by atoms with Crippen LogP contribution in [0.4, 0.5) is 0 Å². The van der Waals surface area contributed by atoms with E-state index in [1.807, 2.05) is 13.8 Å². The molecule has 5 nitrogen and oxygen atoms in total. The van der Waals surface area contributed by atoms with Crippen LogP contribution in [0.1, 0.15) is 27.7 Å². The summed E-state index contributed by atoms with van der Waals surface area (Å²) in [6, 6.07) is 0.0618. The number of piperazine rings is 1. The van der Waals surface area contributed by atoms with E-state index in [1.54, 1.807) is 9.80 Å². The Morgan fingerprint density at radius 3 is 2.17 bits per heavy atom. The first-order valence-corrected chi connectivity index (χ1v) is 6.74. The van der Waals surface area contributed by atoms with Crippen LogP contribution in [0.25, 0.3) is 0 Å². The second-order valence-corrected chi connectivity index (χ2v) is 5.49. The van der Waals surface area contributed by atoms with Crippen LogP contribution in [-0.4, -0.2) is 60.4 Å². The Kier molecular flexibility index (Phi) is 5.59. The van der Waals surface area contributed by atoms with Crippen LogP contribution < -0.4 is 5.32 Å². The molecule has 18 heavy (non-hydrogen) atoms. The molecule has 0 atom stereocenters. The largest absolute Gasteiger partial charge is 0.332 e. The Bertz CT molecular complexity index is 297. The number of hydrogen-bond donors (Lipinski definition) is 1. The lowest BCUT2D eigenvalue weighted by Gasteiger charge is -2.32. The summed E-state index contributed by atoms with van der Waals surface area (Å²) in [6.45, 7) is 11.4. The van der Waals surface area contributed by atoms with E-state index in [2.05, 4.69) is 19.2 Å². The molecule has 104 valence electrons. The second-order valence-electron chi connectivity index (χ2n) is 5.49. The van der Waals surface area contributed by atoms with Crippen LogP contribution in [0.15, 0.2) is 0 Å². The van der Waals surface area contributed by atoms with Gasteiger partial charge in [-0.1, -0.05) is 13.8 Å². The molecule has 0 aromatic carbocycles. The van der Waals surface area contributed by atoms with E-state index in [1.165, 1.54) is 0 Å². The fourth-order valence-electron chi connectivity index (χ4n) is 2.05. The molecule has 5 heteroatoms. The Morgan fingerprint density at radius 1 is 1.17 bits per heavy atom. The van der Waals surface area contributed by atoms with Gasteiger partial charge in [-0.3, -0.25) is 9.59 Å². The van der Waals surface area contributed by atoms with Gasteiger partial charge in [0.1, 0.15) is 0 Å². The molecular formula is C13H25N3O2. The van der Waals surface area contributed by atoms with Crippen LogP contribution in [0, 0.1) is 5.92 Å². The van der Waals surface area contributed by atoms with Crippen molar-refractivity contribution in [3.05, 3.63) is 0 Å². The number of carbonyl (C=O) groups is 2. The van der Waals surface area contributed by atoms with Gasteiger partial charge < -0.3 is 15.1 Å². The molecule has 1 heterocycles. The highest BCUT2D eigenvalue weighted by atomic mass is 16.2. The van der Waals surface area contributed by atoms with Crippen LogP contribution in [0.3, 0.4) is 0 Å². The molecule has 1 aliphatic heterocycles. The monoisotopic (exact) mass is 255 g/mol. The summed E-state index contributed by atoms with van der Waals surface area (Å²) >= 11 is 0. The second kappa shape index (κ2) is 6.73. The van der Waals surface area contributed by atoms with Crippen molar-refractivity contribution < 1.29 is 9.59 Å². The third-order valence-corrected chi connectivity index (χ3v) is 3.03. The Morgan fingerprint density at radius 2 is 1.72 bits per heavy atom. The number of hydrogen-bond acceptors (Lipinski definition) is 3. The minimum atomic E-state index is -0.361. The molecule has 0 unspecified atom stereocenters. The number of nitrogens with zero attached hydrogens (tertiary/aromatic N) is 2. The predicted octanol–water partition coefficient (Wildman–Crippen LogP) is 0.311. The average molecular weight is 255 g/mol. The maximum Gasteiger partial charge on any atom is 0.312 e.